The molecule has 0 bridgehead atoms. The molecular formula is C36H71ClO2. The van der Waals surface area contributed by atoms with Crippen LogP contribution in [-0.4, -0.2) is 17.0 Å². The van der Waals surface area contributed by atoms with Crippen molar-refractivity contribution in [3.05, 3.63) is 0 Å². The van der Waals surface area contributed by atoms with Crippen molar-refractivity contribution in [1.82, 2.24) is 0 Å². The molecule has 0 saturated heterocycles. The third kappa shape index (κ3) is 37.8. The minimum atomic E-state index is -0.649. The van der Waals surface area contributed by atoms with E-state index < -0.39 is 5.97 Å². The summed E-state index contributed by atoms with van der Waals surface area (Å²) in [5, 5.41) is 8.63. The molecule has 0 aromatic heterocycles. The van der Waals surface area contributed by atoms with Crippen LogP contribution in [-0.2, 0) is 4.79 Å². The molecule has 0 aliphatic heterocycles. The van der Waals surface area contributed by atoms with Crippen molar-refractivity contribution in [3.63, 3.8) is 0 Å². The van der Waals surface area contributed by atoms with Crippen LogP contribution in [0, 0.1) is 0 Å². The maximum absolute atomic E-state index is 10.5. The lowest BCUT2D eigenvalue weighted by molar-refractivity contribution is -0.137. The minimum Gasteiger partial charge on any atom is -0.481 e. The lowest BCUT2D eigenvalue weighted by Gasteiger charge is -2.05. The van der Waals surface area contributed by atoms with Gasteiger partial charge in [-0.15, -0.1) is 11.6 Å². The summed E-state index contributed by atoms with van der Waals surface area (Å²) in [6, 6.07) is 0. The average Bonchev–Trinajstić information content (AvgIpc) is 2.93. The maximum atomic E-state index is 10.5. The third-order valence-electron chi connectivity index (χ3n) is 8.52. The van der Waals surface area contributed by atoms with Crippen LogP contribution in [0.4, 0.5) is 0 Å². The lowest BCUT2D eigenvalue weighted by Crippen LogP contribution is -1.93. The highest BCUT2D eigenvalue weighted by Gasteiger charge is 1.98. The molecule has 0 unspecified atom stereocenters. The van der Waals surface area contributed by atoms with Gasteiger partial charge in [-0.2, -0.15) is 0 Å². The number of carboxylic acid groups (broad SMARTS) is 1. The summed E-state index contributed by atoms with van der Waals surface area (Å²) in [5.74, 6) is 0.191. The quantitative estimate of drug-likeness (QED) is 0.0607. The van der Waals surface area contributed by atoms with Crippen LogP contribution in [0.2, 0.25) is 0 Å². The molecule has 2 nitrogen and oxygen atoms in total. The van der Waals surface area contributed by atoms with Crippen LogP contribution in [0.5, 0.6) is 0 Å². The monoisotopic (exact) mass is 571 g/mol. The predicted molar refractivity (Wildman–Crippen MR) is 175 cm³/mol. The van der Waals surface area contributed by atoms with Gasteiger partial charge in [0.2, 0.25) is 0 Å². The minimum absolute atomic E-state index is 0.345. The number of carbonyl (C=O) groups is 1. The fourth-order valence-electron chi connectivity index (χ4n) is 5.85. The third-order valence-corrected chi connectivity index (χ3v) is 8.79. The number of unbranched alkanes of at least 4 members (excludes halogenated alkanes) is 32. The number of carboxylic acids is 1. The highest BCUT2D eigenvalue weighted by Crippen LogP contribution is 2.17. The molecule has 0 aliphatic carbocycles. The van der Waals surface area contributed by atoms with E-state index in [1.165, 1.54) is 199 Å². The van der Waals surface area contributed by atoms with Gasteiger partial charge in [0.25, 0.3) is 0 Å². The zero-order chi connectivity index (χ0) is 28.3. The van der Waals surface area contributed by atoms with Crippen molar-refractivity contribution in [2.45, 2.75) is 218 Å². The van der Waals surface area contributed by atoms with Gasteiger partial charge in [-0.05, 0) is 12.8 Å². The first kappa shape index (κ1) is 38.8. The molecule has 0 heterocycles. The summed E-state index contributed by atoms with van der Waals surface area (Å²) in [6.45, 7) is 0. The predicted octanol–water partition coefficient (Wildman–Crippen LogP) is 13.6. The molecule has 0 amide bonds. The Morgan fingerprint density at radius 1 is 0.308 bits per heavy atom. The molecule has 0 aromatic carbocycles. The molecule has 3 heteroatoms. The fourth-order valence-corrected chi connectivity index (χ4v) is 6.04. The van der Waals surface area contributed by atoms with Crippen LogP contribution >= 0.6 is 11.6 Å². The fraction of sp³-hybridized carbons (Fsp3) is 0.972. The topological polar surface area (TPSA) is 37.3 Å². The van der Waals surface area contributed by atoms with Gasteiger partial charge >= 0.3 is 5.97 Å². The molecule has 0 fully saturated rings. The van der Waals surface area contributed by atoms with Crippen LogP contribution in [0.25, 0.3) is 0 Å². The van der Waals surface area contributed by atoms with E-state index in [9.17, 15) is 4.79 Å². The van der Waals surface area contributed by atoms with E-state index in [0.717, 1.165) is 18.7 Å². The zero-order valence-electron chi connectivity index (χ0n) is 26.5. The largest absolute Gasteiger partial charge is 0.481 e. The normalized spacial score (nSPS) is 11.4. The molecule has 0 atom stereocenters. The van der Waals surface area contributed by atoms with Crippen LogP contribution in [0.1, 0.15) is 218 Å². The van der Waals surface area contributed by atoms with E-state index in [1.54, 1.807) is 0 Å². The average molecular weight is 571 g/mol. The Kier molecular flexibility index (Phi) is 35.6. The van der Waals surface area contributed by atoms with Gasteiger partial charge in [-0.3, -0.25) is 4.79 Å². The second kappa shape index (κ2) is 35.8. The first-order chi connectivity index (χ1) is 19.3. The highest BCUT2D eigenvalue weighted by molar-refractivity contribution is 6.17. The Bertz CT molecular complexity index is 453. The molecule has 0 spiro atoms. The SMILES string of the molecule is O=C(O)CCCCCCCCCCCCCCCCCCCCCCCCCCCCCCCCCCCCl. The van der Waals surface area contributed by atoms with Crippen molar-refractivity contribution in [2.75, 3.05) is 5.88 Å². The van der Waals surface area contributed by atoms with Crippen molar-refractivity contribution in [3.8, 4) is 0 Å². The van der Waals surface area contributed by atoms with E-state index in [0.29, 0.717) is 6.42 Å². The van der Waals surface area contributed by atoms with Crippen molar-refractivity contribution < 1.29 is 9.90 Å². The van der Waals surface area contributed by atoms with Crippen molar-refractivity contribution in [1.29, 1.82) is 0 Å². The summed E-state index contributed by atoms with van der Waals surface area (Å²) in [6.07, 6.45) is 46.3. The van der Waals surface area contributed by atoms with E-state index in [2.05, 4.69) is 0 Å². The Hall–Kier alpha value is -0.240. The molecular weight excluding hydrogens is 500 g/mol. The maximum Gasteiger partial charge on any atom is 0.303 e. The van der Waals surface area contributed by atoms with E-state index in [4.69, 9.17) is 16.7 Å². The summed E-state index contributed by atoms with van der Waals surface area (Å²) in [7, 11) is 0. The van der Waals surface area contributed by atoms with Gasteiger partial charge in [0.1, 0.15) is 0 Å². The van der Waals surface area contributed by atoms with Gasteiger partial charge in [0.15, 0.2) is 0 Å². The summed E-state index contributed by atoms with van der Waals surface area (Å²) in [5.41, 5.74) is 0. The van der Waals surface area contributed by atoms with Gasteiger partial charge < -0.3 is 5.11 Å². The molecule has 0 aromatic rings. The second-order valence-electron chi connectivity index (χ2n) is 12.5. The highest BCUT2D eigenvalue weighted by atomic mass is 35.5. The van der Waals surface area contributed by atoms with Crippen molar-refractivity contribution >= 4 is 17.6 Å². The smallest absolute Gasteiger partial charge is 0.303 e. The number of hydrogen-bond donors (Lipinski definition) is 1. The van der Waals surface area contributed by atoms with Gasteiger partial charge in [0.05, 0.1) is 0 Å². The Morgan fingerprint density at radius 3 is 0.615 bits per heavy atom. The number of halogens is 1. The summed E-state index contributed by atoms with van der Waals surface area (Å²) < 4.78 is 0. The summed E-state index contributed by atoms with van der Waals surface area (Å²) >= 11 is 5.72. The first-order valence-electron chi connectivity index (χ1n) is 18.0. The number of hydrogen-bond acceptors (Lipinski definition) is 1. The van der Waals surface area contributed by atoms with Gasteiger partial charge in [-0.1, -0.05) is 199 Å². The molecule has 0 rings (SSSR count). The molecule has 1 N–H and O–H groups in total. The lowest BCUT2D eigenvalue weighted by atomic mass is 10.0. The first-order valence-corrected chi connectivity index (χ1v) is 18.6. The molecule has 0 saturated carbocycles. The van der Waals surface area contributed by atoms with Crippen molar-refractivity contribution in [2.24, 2.45) is 0 Å². The Balaban J connectivity index is 3.02. The summed E-state index contributed by atoms with van der Waals surface area (Å²) in [4.78, 5) is 10.5. The number of rotatable bonds is 35. The molecule has 0 radical (unpaired) electrons. The van der Waals surface area contributed by atoms with Crippen LogP contribution in [0.3, 0.4) is 0 Å². The molecule has 39 heavy (non-hydrogen) atoms. The van der Waals surface area contributed by atoms with Gasteiger partial charge in [-0.25, -0.2) is 0 Å². The zero-order valence-corrected chi connectivity index (χ0v) is 27.2. The van der Waals surface area contributed by atoms with E-state index in [-0.39, 0.29) is 0 Å². The van der Waals surface area contributed by atoms with E-state index >= 15 is 0 Å². The molecule has 234 valence electrons. The standard InChI is InChI=1S/C36H71ClO2/c37-35-33-31-29-27-25-23-21-19-17-15-13-11-9-7-5-3-1-2-4-6-8-10-12-14-16-18-20-22-24-26-28-30-32-34-36(38)39/h1-35H2,(H,38,39). The Morgan fingerprint density at radius 2 is 0.462 bits per heavy atom. The Labute approximate surface area is 251 Å². The second-order valence-corrected chi connectivity index (χ2v) is 12.9. The van der Waals surface area contributed by atoms with Crippen LogP contribution in [0.15, 0.2) is 0 Å². The van der Waals surface area contributed by atoms with E-state index in [1.807, 2.05) is 0 Å². The van der Waals surface area contributed by atoms with Crippen LogP contribution < -0.4 is 0 Å². The van der Waals surface area contributed by atoms with Gasteiger partial charge in [0, 0.05) is 12.3 Å². The number of alkyl halides is 1. The number of aliphatic carboxylic acids is 1. The molecule has 0 aliphatic rings.